The van der Waals surface area contributed by atoms with E-state index in [1.165, 1.54) is 16.7 Å². The number of aryl methyl sites for hydroxylation is 1. The summed E-state index contributed by atoms with van der Waals surface area (Å²) in [5, 5.41) is 9.61. The van der Waals surface area contributed by atoms with E-state index in [4.69, 9.17) is 16.9 Å². The molecule has 0 fully saturated rings. The topological polar surface area (TPSA) is 27.0 Å². The van der Waals surface area contributed by atoms with Gasteiger partial charge >= 0.3 is 0 Å². The van der Waals surface area contributed by atoms with Gasteiger partial charge in [0.05, 0.1) is 11.6 Å². The molecule has 0 radical (unpaired) electrons. The molecular formula is C21H21ClN2. The molecule has 2 aromatic carbocycles. The van der Waals surface area contributed by atoms with E-state index in [0.29, 0.717) is 0 Å². The zero-order valence-corrected chi connectivity index (χ0v) is 14.5. The molecule has 0 aromatic heterocycles. The first-order chi connectivity index (χ1) is 11.7. The van der Waals surface area contributed by atoms with Crippen LogP contribution in [0.15, 0.2) is 54.6 Å². The van der Waals surface area contributed by atoms with Crippen LogP contribution in [-0.4, -0.2) is 24.5 Å². The molecule has 0 amide bonds. The lowest BCUT2D eigenvalue weighted by atomic mass is 9.99. The quantitative estimate of drug-likeness (QED) is 0.773. The predicted octanol–water partition coefficient (Wildman–Crippen LogP) is 4.93. The average molecular weight is 337 g/mol. The van der Waals surface area contributed by atoms with Crippen molar-refractivity contribution < 1.29 is 0 Å². The van der Waals surface area contributed by atoms with Crippen LogP contribution >= 0.6 is 11.6 Å². The normalized spacial score (nSPS) is 14.9. The van der Waals surface area contributed by atoms with Gasteiger partial charge in [-0.2, -0.15) is 5.26 Å². The Morgan fingerprint density at radius 2 is 1.79 bits per heavy atom. The summed E-state index contributed by atoms with van der Waals surface area (Å²) >= 11 is 5.95. The van der Waals surface area contributed by atoms with E-state index in [1.54, 1.807) is 0 Å². The molecule has 0 atom stereocenters. The van der Waals surface area contributed by atoms with Gasteiger partial charge in [-0.25, -0.2) is 0 Å². The number of nitrogens with zero attached hydrogens (tertiary/aromatic N) is 2. The van der Waals surface area contributed by atoms with Gasteiger partial charge in [0.15, 0.2) is 0 Å². The van der Waals surface area contributed by atoms with Gasteiger partial charge in [0.1, 0.15) is 0 Å². The number of hydrogen-bond donors (Lipinski definition) is 0. The molecule has 0 N–H and O–H groups in total. The Labute approximate surface area is 149 Å². The third kappa shape index (κ3) is 4.47. The second-order valence-corrected chi connectivity index (χ2v) is 6.64. The fourth-order valence-corrected chi connectivity index (χ4v) is 3.22. The largest absolute Gasteiger partial charge is 0.299 e. The van der Waals surface area contributed by atoms with Crippen molar-refractivity contribution in [3.63, 3.8) is 0 Å². The zero-order valence-electron chi connectivity index (χ0n) is 13.7. The summed E-state index contributed by atoms with van der Waals surface area (Å²) in [6.07, 6.45) is 5.65. The molecular weight excluding hydrogens is 316 g/mol. The number of nitriles is 1. The van der Waals surface area contributed by atoms with Crippen LogP contribution in [0.25, 0.3) is 5.57 Å². The standard InChI is InChI=1S/C21H21ClN2/c22-21-9-7-19(8-10-21)20-11-14-24(15-12-20)13-1-2-17-3-5-18(16-23)6-4-17/h3-11H,1-2,12-15H2. The molecule has 1 aliphatic rings. The van der Waals surface area contributed by atoms with Gasteiger partial charge in [0.2, 0.25) is 0 Å². The lowest BCUT2D eigenvalue weighted by Crippen LogP contribution is -2.29. The minimum atomic E-state index is 0.731. The minimum absolute atomic E-state index is 0.731. The predicted molar refractivity (Wildman–Crippen MR) is 100.0 cm³/mol. The van der Waals surface area contributed by atoms with Crippen molar-refractivity contribution in [2.45, 2.75) is 19.3 Å². The van der Waals surface area contributed by atoms with Crippen LogP contribution in [0.4, 0.5) is 0 Å². The molecule has 0 spiro atoms. The number of hydrogen-bond acceptors (Lipinski definition) is 2. The molecule has 3 heteroatoms. The first-order valence-electron chi connectivity index (χ1n) is 8.41. The van der Waals surface area contributed by atoms with Crippen LogP contribution in [0.3, 0.4) is 0 Å². The summed E-state index contributed by atoms with van der Waals surface area (Å²) in [5.74, 6) is 0. The molecule has 0 unspecified atom stereocenters. The van der Waals surface area contributed by atoms with Crippen LogP contribution in [-0.2, 0) is 6.42 Å². The van der Waals surface area contributed by atoms with Crippen LogP contribution < -0.4 is 0 Å². The summed E-state index contributed by atoms with van der Waals surface area (Å²) < 4.78 is 0. The molecule has 1 aliphatic heterocycles. The first-order valence-corrected chi connectivity index (χ1v) is 8.79. The Bertz CT molecular complexity index is 739. The number of halogens is 1. The molecule has 2 nitrogen and oxygen atoms in total. The van der Waals surface area contributed by atoms with E-state index in [-0.39, 0.29) is 0 Å². The first kappa shape index (κ1) is 16.8. The van der Waals surface area contributed by atoms with Crippen molar-refractivity contribution in [2.24, 2.45) is 0 Å². The highest BCUT2D eigenvalue weighted by molar-refractivity contribution is 6.30. The molecule has 0 aliphatic carbocycles. The van der Waals surface area contributed by atoms with Crippen molar-refractivity contribution in [1.82, 2.24) is 4.90 Å². The van der Waals surface area contributed by atoms with E-state index in [2.05, 4.69) is 41.3 Å². The van der Waals surface area contributed by atoms with Gasteiger partial charge in [0, 0.05) is 18.1 Å². The third-order valence-electron chi connectivity index (χ3n) is 4.53. The zero-order chi connectivity index (χ0) is 16.8. The monoisotopic (exact) mass is 336 g/mol. The van der Waals surface area contributed by atoms with Crippen LogP contribution in [0.1, 0.15) is 29.5 Å². The van der Waals surface area contributed by atoms with E-state index < -0.39 is 0 Å². The highest BCUT2D eigenvalue weighted by atomic mass is 35.5. The van der Waals surface area contributed by atoms with E-state index >= 15 is 0 Å². The Morgan fingerprint density at radius 3 is 2.42 bits per heavy atom. The van der Waals surface area contributed by atoms with Crippen molar-refractivity contribution in [2.75, 3.05) is 19.6 Å². The lowest BCUT2D eigenvalue weighted by molar-refractivity contribution is 0.298. The Kier molecular flexibility index (Phi) is 5.69. The number of rotatable bonds is 5. The van der Waals surface area contributed by atoms with Gasteiger partial charge in [-0.05, 0) is 66.8 Å². The Balaban J connectivity index is 1.46. The van der Waals surface area contributed by atoms with Crippen molar-refractivity contribution >= 4 is 17.2 Å². The smallest absolute Gasteiger partial charge is 0.0991 e. The van der Waals surface area contributed by atoms with E-state index in [1.807, 2.05) is 24.3 Å². The maximum Gasteiger partial charge on any atom is 0.0991 e. The van der Waals surface area contributed by atoms with Gasteiger partial charge in [0.25, 0.3) is 0 Å². The maximum absolute atomic E-state index is 8.82. The molecule has 24 heavy (non-hydrogen) atoms. The van der Waals surface area contributed by atoms with Gasteiger partial charge in [-0.15, -0.1) is 0 Å². The minimum Gasteiger partial charge on any atom is -0.299 e. The van der Waals surface area contributed by atoms with Gasteiger partial charge in [-0.1, -0.05) is 41.9 Å². The van der Waals surface area contributed by atoms with Crippen LogP contribution in [0, 0.1) is 11.3 Å². The molecule has 0 saturated heterocycles. The fraction of sp³-hybridized carbons (Fsp3) is 0.286. The highest BCUT2D eigenvalue weighted by Crippen LogP contribution is 2.23. The third-order valence-corrected chi connectivity index (χ3v) is 4.78. The van der Waals surface area contributed by atoms with Crippen molar-refractivity contribution in [1.29, 1.82) is 5.26 Å². The van der Waals surface area contributed by atoms with Crippen molar-refractivity contribution in [3.8, 4) is 6.07 Å². The fourth-order valence-electron chi connectivity index (χ4n) is 3.09. The summed E-state index contributed by atoms with van der Waals surface area (Å²) in [6, 6.07) is 18.2. The lowest BCUT2D eigenvalue weighted by Gasteiger charge is -2.26. The van der Waals surface area contributed by atoms with Crippen LogP contribution in [0.5, 0.6) is 0 Å². The van der Waals surface area contributed by atoms with Crippen molar-refractivity contribution in [3.05, 3.63) is 76.3 Å². The van der Waals surface area contributed by atoms with E-state index in [0.717, 1.165) is 49.5 Å². The molecule has 2 aromatic rings. The molecule has 0 saturated carbocycles. The molecule has 122 valence electrons. The second-order valence-electron chi connectivity index (χ2n) is 6.20. The SMILES string of the molecule is N#Cc1ccc(CCCN2CC=C(c3ccc(Cl)cc3)CC2)cc1. The molecule has 3 rings (SSSR count). The molecule has 1 heterocycles. The highest BCUT2D eigenvalue weighted by Gasteiger charge is 2.12. The summed E-state index contributed by atoms with van der Waals surface area (Å²) in [7, 11) is 0. The second kappa shape index (κ2) is 8.15. The Morgan fingerprint density at radius 1 is 1.04 bits per heavy atom. The van der Waals surface area contributed by atoms with Crippen LogP contribution in [0.2, 0.25) is 5.02 Å². The summed E-state index contributed by atoms with van der Waals surface area (Å²) in [5.41, 5.74) is 4.75. The molecule has 0 bridgehead atoms. The average Bonchev–Trinajstić information content (AvgIpc) is 2.64. The van der Waals surface area contributed by atoms with Gasteiger partial charge in [-0.3, -0.25) is 4.90 Å². The van der Waals surface area contributed by atoms with E-state index in [9.17, 15) is 0 Å². The van der Waals surface area contributed by atoms with Gasteiger partial charge < -0.3 is 0 Å². The summed E-state index contributed by atoms with van der Waals surface area (Å²) in [4.78, 5) is 2.50. The number of benzene rings is 2. The maximum atomic E-state index is 8.82. The Hall–Kier alpha value is -2.08. The summed E-state index contributed by atoms with van der Waals surface area (Å²) in [6.45, 7) is 3.25.